The number of aliphatic imine (C=N–C) groups is 1. The Bertz CT molecular complexity index is 680. The molecule has 0 aliphatic carbocycles. The molecule has 0 fully saturated rings. The van der Waals surface area contributed by atoms with Crippen molar-refractivity contribution in [2.75, 3.05) is 0 Å². The Balaban J connectivity index is 2.36. The number of hydrogen-bond acceptors (Lipinski definition) is 1. The summed E-state index contributed by atoms with van der Waals surface area (Å²) in [5, 5.41) is 0. The van der Waals surface area contributed by atoms with E-state index in [1.54, 1.807) is 0 Å². The average Bonchev–Trinajstić information content (AvgIpc) is 2.41. The lowest BCUT2D eigenvalue weighted by atomic mass is 9.98. The molecule has 2 aromatic rings. The van der Waals surface area contributed by atoms with Crippen LogP contribution in [0.15, 0.2) is 41.4 Å². The molecular weight excluding hydrogens is 254 g/mol. The van der Waals surface area contributed by atoms with E-state index in [0.29, 0.717) is 0 Å². The molecule has 1 atom stereocenters. The number of benzene rings is 2. The highest BCUT2D eigenvalue weighted by Gasteiger charge is 2.09. The van der Waals surface area contributed by atoms with Crippen LogP contribution in [0.25, 0.3) is 0 Å². The molecule has 0 aliphatic rings. The second-order valence-corrected chi connectivity index (χ2v) is 6.00. The Morgan fingerprint density at radius 1 is 0.952 bits per heavy atom. The van der Waals surface area contributed by atoms with Crippen LogP contribution in [0.4, 0.5) is 0 Å². The number of aryl methyl sites for hydroxylation is 3. The van der Waals surface area contributed by atoms with Crippen molar-refractivity contribution in [2.24, 2.45) is 4.99 Å². The van der Waals surface area contributed by atoms with Gasteiger partial charge in [-0.05, 0) is 69.4 Å². The summed E-state index contributed by atoms with van der Waals surface area (Å²) < 4.78 is 0. The highest BCUT2D eigenvalue weighted by atomic mass is 14.8. The van der Waals surface area contributed by atoms with Gasteiger partial charge < -0.3 is 0 Å². The summed E-state index contributed by atoms with van der Waals surface area (Å²) in [6.45, 7) is 12.9. The largest absolute Gasteiger partial charge is 0.282 e. The van der Waals surface area contributed by atoms with Gasteiger partial charge in [-0.1, -0.05) is 42.0 Å². The molecule has 0 radical (unpaired) electrons. The number of hydrogen-bond donors (Lipinski definition) is 0. The van der Waals surface area contributed by atoms with E-state index < -0.39 is 0 Å². The van der Waals surface area contributed by atoms with Crippen molar-refractivity contribution in [1.29, 1.82) is 0 Å². The molecule has 110 valence electrons. The van der Waals surface area contributed by atoms with Crippen LogP contribution in [0, 0.1) is 27.7 Å². The van der Waals surface area contributed by atoms with E-state index in [1.165, 1.54) is 33.4 Å². The minimum absolute atomic E-state index is 0.186. The Kier molecular flexibility index (Phi) is 4.62. The quantitative estimate of drug-likeness (QED) is 0.659. The maximum Gasteiger partial charge on any atom is 0.0726 e. The van der Waals surface area contributed by atoms with Gasteiger partial charge in [-0.15, -0.1) is 0 Å². The van der Waals surface area contributed by atoms with E-state index in [-0.39, 0.29) is 6.04 Å². The first kappa shape index (κ1) is 15.5. The third-order valence-electron chi connectivity index (χ3n) is 4.26. The van der Waals surface area contributed by atoms with E-state index in [4.69, 9.17) is 4.99 Å². The second kappa shape index (κ2) is 6.26. The minimum atomic E-state index is 0.186. The smallest absolute Gasteiger partial charge is 0.0726 e. The fourth-order valence-electron chi connectivity index (χ4n) is 2.87. The highest BCUT2D eigenvalue weighted by Crippen LogP contribution is 2.23. The van der Waals surface area contributed by atoms with Crippen LogP contribution in [0.1, 0.15) is 53.3 Å². The fourth-order valence-corrected chi connectivity index (χ4v) is 2.87. The Morgan fingerprint density at radius 3 is 2.33 bits per heavy atom. The maximum absolute atomic E-state index is 4.93. The van der Waals surface area contributed by atoms with E-state index in [9.17, 15) is 0 Å². The van der Waals surface area contributed by atoms with Crippen LogP contribution in [0.2, 0.25) is 0 Å². The van der Waals surface area contributed by atoms with Crippen molar-refractivity contribution < 1.29 is 0 Å². The van der Waals surface area contributed by atoms with Gasteiger partial charge in [0, 0.05) is 5.71 Å². The lowest BCUT2D eigenvalue weighted by Crippen LogP contribution is -2.03. The fraction of sp³-hybridized carbons (Fsp3) is 0.350. The van der Waals surface area contributed by atoms with Crippen LogP contribution in [-0.4, -0.2) is 5.71 Å². The van der Waals surface area contributed by atoms with Crippen molar-refractivity contribution in [1.82, 2.24) is 0 Å². The summed E-state index contributed by atoms with van der Waals surface area (Å²) in [5.41, 5.74) is 8.95. The monoisotopic (exact) mass is 279 g/mol. The van der Waals surface area contributed by atoms with Gasteiger partial charge in [0.15, 0.2) is 0 Å². The standard InChI is InChI=1S/C20H25N/c1-13-10-11-19(15(3)12-13)17(5)21-18(6)20-9-7-8-14(2)16(20)4/h7-12,17H,1-6H3. The molecular formula is C20H25N. The van der Waals surface area contributed by atoms with Gasteiger partial charge >= 0.3 is 0 Å². The topological polar surface area (TPSA) is 12.4 Å². The predicted octanol–water partition coefficient (Wildman–Crippen LogP) is 5.49. The van der Waals surface area contributed by atoms with Gasteiger partial charge in [0.05, 0.1) is 6.04 Å². The van der Waals surface area contributed by atoms with Crippen LogP contribution in [0.5, 0.6) is 0 Å². The summed E-state index contributed by atoms with van der Waals surface area (Å²) in [6.07, 6.45) is 0. The lowest BCUT2D eigenvalue weighted by molar-refractivity contribution is 0.810. The molecule has 0 aliphatic heterocycles. The van der Waals surface area contributed by atoms with Crippen molar-refractivity contribution in [2.45, 2.75) is 47.6 Å². The van der Waals surface area contributed by atoms with Gasteiger partial charge in [-0.25, -0.2) is 0 Å². The molecule has 0 N–H and O–H groups in total. The molecule has 0 saturated heterocycles. The molecule has 0 aromatic heterocycles. The summed E-state index contributed by atoms with van der Waals surface area (Å²) in [4.78, 5) is 4.93. The summed E-state index contributed by atoms with van der Waals surface area (Å²) in [5.74, 6) is 0. The summed E-state index contributed by atoms with van der Waals surface area (Å²) in [6, 6.07) is 13.2. The first-order valence-corrected chi connectivity index (χ1v) is 7.58. The first-order chi connectivity index (χ1) is 9.90. The van der Waals surface area contributed by atoms with Gasteiger partial charge in [0.25, 0.3) is 0 Å². The van der Waals surface area contributed by atoms with Crippen molar-refractivity contribution >= 4 is 5.71 Å². The molecule has 1 nitrogen and oxygen atoms in total. The van der Waals surface area contributed by atoms with Gasteiger partial charge in [-0.2, -0.15) is 0 Å². The van der Waals surface area contributed by atoms with Crippen molar-refractivity contribution in [3.63, 3.8) is 0 Å². The lowest BCUT2D eigenvalue weighted by Gasteiger charge is -2.14. The third kappa shape index (κ3) is 3.41. The van der Waals surface area contributed by atoms with Crippen LogP contribution >= 0.6 is 0 Å². The Morgan fingerprint density at radius 2 is 1.67 bits per heavy atom. The van der Waals surface area contributed by atoms with Crippen LogP contribution < -0.4 is 0 Å². The molecule has 0 bridgehead atoms. The zero-order valence-electron chi connectivity index (χ0n) is 14.0. The van der Waals surface area contributed by atoms with E-state index in [1.807, 2.05) is 0 Å². The molecule has 0 saturated carbocycles. The van der Waals surface area contributed by atoms with Crippen LogP contribution in [0.3, 0.4) is 0 Å². The van der Waals surface area contributed by atoms with E-state index in [2.05, 4.69) is 77.9 Å². The van der Waals surface area contributed by atoms with E-state index in [0.717, 1.165) is 5.71 Å². The average molecular weight is 279 g/mol. The van der Waals surface area contributed by atoms with Crippen molar-refractivity contribution in [3.05, 3.63) is 69.8 Å². The predicted molar refractivity (Wildman–Crippen MR) is 92.5 cm³/mol. The second-order valence-electron chi connectivity index (χ2n) is 6.00. The Hall–Kier alpha value is -1.89. The summed E-state index contributed by atoms with van der Waals surface area (Å²) >= 11 is 0. The highest BCUT2D eigenvalue weighted by molar-refractivity contribution is 6.00. The van der Waals surface area contributed by atoms with Gasteiger partial charge in [0.2, 0.25) is 0 Å². The third-order valence-corrected chi connectivity index (χ3v) is 4.26. The zero-order valence-corrected chi connectivity index (χ0v) is 14.0. The minimum Gasteiger partial charge on any atom is -0.282 e. The molecule has 21 heavy (non-hydrogen) atoms. The zero-order chi connectivity index (χ0) is 15.6. The number of nitrogens with zero attached hydrogens (tertiary/aromatic N) is 1. The van der Waals surface area contributed by atoms with E-state index >= 15 is 0 Å². The summed E-state index contributed by atoms with van der Waals surface area (Å²) in [7, 11) is 0. The normalized spacial score (nSPS) is 13.3. The molecule has 1 heteroatoms. The number of rotatable bonds is 3. The van der Waals surface area contributed by atoms with Crippen molar-refractivity contribution in [3.8, 4) is 0 Å². The molecule has 0 heterocycles. The molecule has 2 rings (SSSR count). The van der Waals surface area contributed by atoms with Gasteiger partial charge in [0.1, 0.15) is 0 Å². The van der Waals surface area contributed by atoms with Gasteiger partial charge in [-0.3, -0.25) is 4.99 Å². The molecule has 0 amide bonds. The Labute approximate surface area is 128 Å². The maximum atomic E-state index is 4.93. The molecule has 2 aromatic carbocycles. The molecule has 0 spiro atoms. The SMILES string of the molecule is CC(=NC(C)c1ccc(C)cc1C)c1cccc(C)c1C. The first-order valence-electron chi connectivity index (χ1n) is 7.58. The van der Waals surface area contributed by atoms with Crippen LogP contribution in [-0.2, 0) is 0 Å². The molecule has 1 unspecified atom stereocenters.